The highest BCUT2D eigenvalue weighted by Gasteiger charge is 2.25. The van der Waals surface area contributed by atoms with Crippen LogP contribution in [-0.4, -0.2) is 16.9 Å². The van der Waals surface area contributed by atoms with E-state index in [4.69, 9.17) is 4.74 Å². The van der Waals surface area contributed by atoms with Crippen LogP contribution in [0.25, 0.3) is 10.6 Å². The fraction of sp³-hybridized carbons (Fsp3) is 0.200. The molecule has 1 amide bonds. The number of carbonyl (C=O) groups is 1. The second kappa shape index (κ2) is 7.63. The zero-order valence-corrected chi connectivity index (χ0v) is 15.4. The number of benzene rings is 2. The van der Waals surface area contributed by atoms with Crippen LogP contribution in [0.5, 0.6) is 5.75 Å². The molecule has 28 heavy (non-hydrogen) atoms. The van der Waals surface area contributed by atoms with Gasteiger partial charge in [0, 0.05) is 29.1 Å². The molecule has 1 aromatic heterocycles. The minimum absolute atomic E-state index is 0.101. The number of nitrogens with one attached hydrogen (secondary N) is 1. The Kier molecular flexibility index (Phi) is 5.04. The van der Waals surface area contributed by atoms with Gasteiger partial charge in [0.2, 0.25) is 0 Å². The van der Waals surface area contributed by atoms with Gasteiger partial charge in [-0.15, -0.1) is 11.3 Å². The van der Waals surface area contributed by atoms with E-state index in [2.05, 4.69) is 10.3 Å². The molecule has 2 aromatic carbocycles. The lowest BCUT2D eigenvalue weighted by Gasteiger charge is -2.08. The van der Waals surface area contributed by atoms with Gasteiger partial charge in [0.05, 0.1) is 0 Å². The molecule has 1 heterocycles. The first-order chi connectivity index (χ1) is 13.5. The molecule has 0 atom stereocenters. The molecule has 1 N–H and O–H groups in total. The highest BCUT2D eigenvalue weighted by atomic mass is 32.1. The molecule has 144 valence electrons. The molecule has 0 radical (unpaired) electrons. The van der Waals surface area contributed by atoms with Crippen molar-refractivity contribution in [3.8, 4) is 16.3 Å². The lowest BCUT2D eigenvalue weighted by Crippen LogP contribution is -2.25. The van der Waals surface area contributed by atoms with E-state index in [0.717, 1.165) is 31.0 Å². The quantitative estimate of drug-likeness (QED) is 0.648. The smallest absolute Gasteiger partial charge is 0.270 e. The Morgan fingerprint density at radius 2 is 1.89 bits per heavy atom. The molecule has 0 saturated heterocycles. The van der Waals surface area contributed by atoms with Gasteiger partial charge in [-0.25, -0.2) is 18.2 Å². The lowest BCUT2D eigenvalue weighted by molar-refractivity contribution is 0.0947. The summed E-state index contributed by atoms with van der Waals surface area (Å²) in [5.74, 6) is -2.01. The van der Waals surface area contributed by atoms with Crippen LogP contribution in [-0.2, 0) is 6.61 Å². The molecule has 4 nitrogen and oxygen atoms in total. The van der Waals surface area contributed by atoms with Crippen LogP contribution in [0.1, 0.15) is 28.9 Å². The highest BCUT2D eigenvalue weighted by molar-refractivity contribution is 7.13. The van der Waals surface area contributed by atoms with Gasteiger partial charge >= 0.3 is 0 Å². The van der Waals surface area contributed by atoms with Crippen molar-refractivity contribution in [1.29, 1.82) is 0 Å². The van der Waals surface area contributed by atoms with Crippen molar-refractivity contribution in [2.75, 3.05) is 0 Å². The molecule has 3 aromatic rings. The SMILES string of the molecule is O=C(NC1CC1)c1csc(-c2ccc(OCc3cc(F)cc(F)c3)cc2F)n1. The minimum Gasteiger partial charge on any atom is -0.489 e. The van der Waals surface area contributed by atoms with E-state index in [-0.39, 0.29) is 35.6 Å². The van der Waals surface area contributed by atoms with E-state index >= 15 is 0 Å². The number of halogens is 3. The van der Waals surface area contributed by atoms with Crippen LogP contribution in [0.15, 0.2) is 41.8 Å². The van der Waals surface area contributed by atoms with Gasteiger partial charge in [-0.05, 0) is 42.7 Å². The number of hydrogen-bond donors (Lipinski definition) is 1. The second-order valence-corrected chi connectivity index (χ2v) is 7.35. The summed E-state index contributed by atoms with van der Waals surface area (Å²) in [5.41, 5.74) is 0.813. The second-order valence-electron chi connectivity index (χ2n) is 6.49. The number of thiazole rings is 1. The van der Waals surface area contributed by atoms with Crippen LogP contribution < -0.4 is 10.1 Å². The van der Waals surface area contributed by atoms with Crippen LogP contribution in [0.4, 0.5) is 13.2 Å². The van der Waals surface area contributed by atoms with Crippen molar-refractivity contribution in [1.82, 2.24) is 10.3 Å². The molecular formula is C20H15F3N2O2S. The zero-order valence-electron chi connectivity index (χ0n) is 14.5. The van der Waals surface area contributed by atoms with Crippen molar-refractivity contribution in [2.24, 2.45) is 0 Å². The van der Waals surface area contributed by atoms with Crippen molar-refractivity contribution in [3.05, 3.63) is 70.5 Å². The summed E-state index contributed by atoms with van der Waals surface area (Å²) in [6.07, 6.45) is 1.95. The van der Waals surface area contributed by atoms with Gasteiger partial charge in [0.15, 0.2) is 0 Å². The molecule has 1 aliphatic rings. The van der Waals surface area contributed by atoms with E-state index in [0.29, 0.717) is 10.6 Å². The molecule has 0 bridgehead atoms. The maximum Gasteiger partial charge on any atom is 0.270 e. The summed E-state index contributed by atoms with van der Waals surface area (Å²) in [6, 6.07) is 7.51. The molecule has 1 fully saturated rings. The summed E-state index contributed by atoms with van der Waals surface area (Å²) >= 11 is 1.18. The predicted octanol–water partition coefficient (Wildman–Crippen LogP) is 4.70. The van der Waals surface area contributed by atoms with Crippen LogP contribution >= 0.6 is 11.3 Å². The number of rotatable bonds is 6. The Morgan fingerprint density at radius 3 is 2.57 bits per heavy atom. The Hall–Kier alpha value is -2.87. The Bertz CT molecular complexity index is 1010. The summed E-state index contributed by atoms with van der Waals surface area (Å²) in [4.78, 5) is 16.2. The first-order valence-electron chi connectivity index (χ1n) is 8.62. The number of aromatic nitrogens is 1. The summed E-state index contributed by atoms with van der Waals surface area (Å²) in [6.45, 7) is -0.101. The van der Waals surface area contributed by atoms with Crippen LogP contribution in [0.2, 0.25) is 0 Å². The lowest BCUT2D eigenvalue weighted by atomic mass is 10.2. The number of hydrogen-bond acceptors (Lipinski definition) is 4. The van der Waals surface area contributed by atoms with Gasteiger partial charge < -0.3 is 10.1 Å². The summed E-state index contributed by atoms with van der Waals surface area (Å²) in [7, 11) is 0. The zero-order chi connectivity index (χ0) is 19.7. The topological polar surface area (TPSA) is 51.2 Å². The molecule has 0 spiro atoms. The van der Waals surface area contributed by atoms with Crippen molar-refractivity contribution in [2.45, 2.75) is 25.5 Å². The first-order valence-corrected chi connectivity index (χ1v) is 9.50. The molecule has 1 saturated carbocycles. The molecule has 0 aliphatic heterocycles. The van der Waals surface area contributed by atoms with Gasteiger partial charge in [-0.1, -0.05) is 0 Å². The first kappa shape index (κ1) is 18.5. The van der Waals surface area contributed by atoms with Crippen molar-refractivity contribution in [3.63, 3.8) is 0 Å². The standard InChI is InChI=1S/C20H15F3N2O2S/c21-12-5-11(6-13(22)7-12)9-27-15-3-4-16(17(23)8-15)20-25-18(10-28-20)19(26)24-14-1-2-14/h3-8,10,14H,1-2,9H2,(H,24,26). The number of ether oxygens (including phenoxy) is 1. The van der Waals surface area contributed by atoms with Gasteiger partial charge in [-0.2, -0.15) is 0 Å². The normalized spacial score (nSPS) is 13.4. The Balaban J connectivity index is 1.45. The average molecular weight is 404 g/mol. The number of nitrogens with zero attached hydrogens (tertiary/aromatic N) is 1. The fourth-order valence-corrected chi connectivity index (χ4v) is 3.44. The molecule has 0 unspecified atom stereocenters. The van der Waals surface area contributed by atoms with Crippen molar-refractivity contribution >= 4 is 17.2 Å². The predicted molar refractivity (Wildman–Crippen MR) is 98.7 cm³/mol. The van der Waals surface area contributed by atoms with Crippen molar-refractivity contribution < 1.29 is 22.7 Å². The third-order valence-electron chi connectivity index (χ3n) is 4.15. The highest BCUT2D eigenvalue weighted by Crippen LogP contribution is 2.29. The van der Waals surface area contributed by atoms with E-state index in [1.54, 1.807) is 11.4 Å². The maximum atomic E-state index is 14.5. The minimum atomic E-state index is -0.703. The average Bonchev–Trinajstić information content (AvgIpc) is 3.31. The fourth-order valence-electron chi connectivity index (χ4n) is 2.61. The largest absolute Gasteiger partial charge is 0.489 e. The molecule has 8 heteroatoms. The molecule has 4 rings (SSSR count). The van der Waals surface area contributed by atoms with Gasteiger partial charge in [0.25, 0.3) is 5.91 Å². The number of amides is 1. The van der Waals surface area contributed by atoms with Gasteiger partial charge in [-0.3, -0.25) is 4.79 Å². The Morgan fingerprint density at radius 1 is 1.14 bits per heavy atom. The van der Waals surface area contributed by atoms with Crippen LogP contribution in [0.3, 0.4) is 0 Å². The maximum absolute atomic E-state index is 14.5. The van der Waals surface area contributed by atoms with E-state index in [1.807, 2.05) is 0 Å². The summed E-state index contributed by atoms with van der Waals surface area (Å²) < 4.78 is 46.3. The Labute approximate surface area is 163 Å². The molecule has 1 aliphatic carbocycles. The third-order valence-corrected chi connectivity index (χ3v) is 5.02. The number of carbonyl (C=O) groups excluding carboxylic acids is 1. The van der Waals surface area contributed by atoms with E-state index in [9.17, 15) is 18.0 Å². The van der Waals surface area contributed by atoms with E-state index < -0.39 is 17.5 Å². The van der Waals surface area contributed by atoms with E-state index in [1.165, 1.54) is 23.5 Å². The van der Waals surface area contributed by atoms with Gasteiger partial charge in [0.1, 0.15) is 40.5 Å². The third kappa shape index (κ3) is 4.33. The molecular weight excluding hydrogens is 389 g/mol. The monoisotopic (exact) mass is 404 g/mol. The summed E-state index contributed by atoms with van der Waals surface area (Å²) in [5, 5.41) is 4.82. The van der Waals surface area contributed by atoms with Crippen LogP contribution in [0, 0.1) is 17.5 Å².